The SMILES string of the molecule is CC1CN(Cc2nnc(-c3cccc(Br)c3)o2)CC(C)O1. The summed E-state index contributed by atoms with van der Waals surface area (Å²) in [4.78, 5) is 2.29. The normalized spacial score (nSPS) is 23.4. The van der Waals surface area contributed by atoms with E-state index in [0.29, 0.717) is 18.3 Å². The molecule has 2 unspecified atom stereocenters. The molecule has 1 fully saturated rings. The summed E-state index contributed by atoms with van der Waals surface area (Å²) in [5.41, 5.74) is 0.923. The van der Waals surface area contributed by atoms with Gasteiger partial charge in [0.05, 0.1) is 18.8 Å². The Labute approximate surface area is 132 Å². The van der Waals surface area contributed by atoms with Gasteiger partial charge in [-0.05, 0) is 32.0 Å². The molecule has 0 aliphatic carbocycles. The summed E-state index contributed by atoms with van der Waals surface area (Å²) in [6.07, 6.45) is 0.474. The van der Waals surface area contributed by atoms with Gasteiger partial charge in [-0.2, -0.15) is 0 Å². The maximum Gasteiger partial charge on any atom is 0.247 e. The average Bonchev–Trinajstić information content (AvgIpc) is 2.86. The van der Waals surface area contributed by atoms with Crippen molar-refractivity contribution < 1.29 is 9.15 Å². The van der Waals surface area contributed by atoms with Crippen molar-refractivity contribution in [2.45, 2.75) is 32.6 Å². The first-order valence-corrected chi connectivity index (χ1v) is 7.85. The Morgan fingerprint density at radius 2 is 2.00 bits per heavy atom. The van der Waals surface area contributed by atoms with Gasteiger partial charge in [0.15, 0.2) is 0 Å². The molecule has 6 heteroatoms. The fraction of sp³-hybridized carbons (Fsp3) is 0.467. The highest BCUT2D eigenvalue weighted by Crippen LogP contribution is 2.22. The first kappa shape index (κ1) is 14.7. The minimum atomic E-state index is 0.237. The summed E-state index contributed by atoms with van der Waals surface area (Å²) < 4.78 is 12.5. The molecule has 1 aliphatic heterocycles. The highest BCUT2D eigenvalue weighted by atomic mass is 79.9. The number of aromatic nitrogens is 2. The molecule has 3 rings (SSSR count). The number of hydrogen-bond donors (Lipinski definition) is 0. The molecule has 0 radical (unpaired) electrons. The van der Waals surface area contributed by atoms with E-state index in [-0.39, 0.29) is 12.2 Å². The smallest absolute Gasteiger partial charge is 0.247 e. The summed E-state index contributed by atoms with van der Waals surface area (Å²) in [7, 11) is 0. The molecule has 5 nitrogen and oxygen atoms in total. The van der Waals surface area contributed by atoms with Crippen LogP contribution in [0.15, 0.2) is 33.2 Å². The first-order valence-electron chi connectivity index (χ1n) is 7.06. The Balaban J connectivity index is 1.70. The first-order chi connectivity index (χ1) is 10.1. The molecule has 2 atom stereocenters. The van der Waals surface area contributed by atoms with E-state index in [1.165, 1.54) is 0 Å². The summed E-state index contributed by atoms with van der Waals surface area (Å²) in [5.74, 6) is 1.20. The lowest BCUT2D eigenvalue weighted by molar-refractivity contribution is -0.0721. The van der Waals surface area contributed by atoms with Gasteiger partial charge >= 0.3 is 0 Å². The fourth-order valence-electron chi connectivity index (χ4n) is 2.66. The molecule has 2 heterocycles. The molecular formula is C15H18BrN3O2. The lowest BCUT2D eigenvalue weighted by Crippen LogP contribution is -2.44. The van der Waals surface area contributed by atoms with Crippen LogP contribution in [0.5, 0.6) is 0 Å². The highest BCUT2D eigenvalue weighted by molar-refractivity contribution is 9.10. The molecule has 0 saturated carbocycles. The number of morpholine rings is 1. The van der Waals surface area contributed by atoms with Crippen molar-refractivity contribution in [3.05, 3.63) is 34.6 Å². The molecule has 0 N–H and O–H groups in total. The van der Waals surface area contributed by atoms with Crippen molar-refractivity contribution in [3.8, 4) is 11.5 Å². The van der Waals surface area contributed by atoms with Gasteiger partial charge in [0.25, 0.3) is 0 Å². The Morgan fingerprint density at radius 3 is 2.71 bits per heavy atom. The van der Waals surface area contributed by atoms with Crippen LogP contribution in [0, 0.1) is 0 Å². The van der Waals surface area contributed by atoms with E-state index in [2.05, 4.69) is 44.9 Å². The van der Waals surface area contributed by atoms with Crippen LogP contribution >= 0.6 is 15.9 Å². The lowest BCUT2D eigenvalue weighted by atomic mass is 10.2. The van der Waals surface area contributed by atoms with Crippen LogP contribution in [0.25, 0.3) is 11.5 Å². The molecule has 0 bridgehead atoms. The van der Waals surface area contributed by atoms with E-state index in [1.807, 2.05) is 24.3 Å². The quantitative estimate of drug-likeness (QED) is 0.850. The third-order valence-corrected chi connectivity index (χ3v) is 3.89. The Kier molecular flexibility index (Phi) is 4.37. The van der Waals surface area contributed by atoms with E-state index >= 15 is 0 Å². The zero-order valence-corrected chi connectivity index (χ0v) is 13.7. The zero-order valence-electron chi connectivity index (χ0n) is 12.1. The third kappa shape index (κ3) is 3.70. The minimum Gasteiger partial charge on any atom is -0.419 e. The molecule has 1 aliphatic rings. The van der Waals surface area contributed by atoms with Crippen molar-refractivity contribution >= 4 is 15.9 Å². The van der Waals surface area contributed by atoms with Crippen LogP contribution in [0.4, 0.5) is 0 Å². The maximum atomic E-state index is 5.77. The molecule has 1 aromatic heterocycles. The molecule has 1 aromatic carbocycles. The average molecular weight is 352 g/mol. The van der Waals surface area contributed by atoms with Gasteiger partial charge in [0.2, 0.25) is 11.8 Å². The third-order valence-electron chi connectivity index (χ3n) is 3.39. The van der Waals surface area contributed by atoms with E-state index < -0.39 is 0 Å². The summed E-state index contributed by atoms with van der Waals surface area (Å²) in [5, 5.41) is 8.29. The van der Waals surface area contributed by atoms with Crippen molar-refractivity contribution in [3.63, 3.8) is 0 Å². The van der Waals surface area contributed by atoms with Gasteiger partial charge in [-0.15, -0.1) is 10.2 Å². The molecule has 21 heavy (non-hydrogen) atoms. The Hall–Kier alpha value is -1.24. The minimum absolute atomic E-state index is 0.237. The number of nitrogens with zero attached hydrogens (tertiary/aromatic N) is 3. The summed E-state index contributed by atoms with van der Waals surface area (Å²) in [6, 6.07) is 7.85. The van der Waals surface area contributed by atoms with Gasteiger partial charge in [-0.25, -0.2) is 0 Å². The molecule has 1 saturated heterocycles. The van der Waals surface area contributed by atoms with E-state index in [9.17, 15) is 0 Å². The second-order valence-corrected chi connectivity index (χ2v) is 6.38. The number of ether oxygens (including phenoxy) is 1. The van der Waals surface area contributed by atoms with Gasteiger partial charge < -0.3 is 9.15 Å². The van der Waals surface area contributed by atoms with E-state index in [0.717, 1.165) is 23.1 Å². The number of rotatable bonds is 3. The van der Waals surface area contributed by atoms with Crippen molar-refractivity contribution in [1.82, 2.24) is 15.1 Å². The number of halogens is 1. The monoisotopic (exact) mass is 351 g/mol. The second-order valence-electron chi connectivity index (χ2n) is 5.46. The van der Waals surface area contributed by atoms with Gasteiger partial charge in [-0.1, -0.05) is 22.0 Å². The maximum absolute atomic E-state index is 5.77. The molecule has 0 amide bonds. The van der Waals surface area contributed by atoms with E-state index in [1.54, 1.807) is 0 Å². The molecular weight excluding hydrogens is 334 g/mol. The van der Waals surface area contributed by atoms with Crippen LogP contribution in [-0.4, -0.2) is 40.4 Å². The lowest BCUT2D eigenvalue weighted by Gasteiger charge is -2.34. The summed E-state index contributed by atoms with van der Waals surface area (Å²) in [6.45, 7) is 6.61. The molecule has 0 spiro atoms. The van der Waals surface area contributed by atoms with Gasteiger partial charge in [0, 0.05) is 23.1 Å². The van der Waals surface area contributed by atoms with Crippen molar-refractivity contribution in [2.24, 2.45) is 0 Å². The fourth-order valence-corrected chi connectivity index (χ4v) is 3.06. The molecule has 112 valence electrons. The number of benzene rings is 1. The highest BCUT2D eigenvalue weighted by Gasteiger charge is 2.23. The molecule has 2 aromatic rings. The largest absolute Gasteiger partial charge is 0.419 e. The standard InChI is InChI=1S/C15H18BrN3O2/c1-10-7-19(8-11(2)20-10)9-14-17-18-15(21-14)12-4-3-5-13(16)6-12/h3-6,10-11H,7-9H2,1-2H3. The topological polar surface area (TPSA) is 51.4 Å². The van der Waals surface area contributed by atoms with Crippen LogP contribution in [-0.2, 0) is 11.3 Å². The predicted octanol–water partition coefficient (Wildman–Crippen LogP) is 3.11. The predicted molar refractivity (Wildman–Crippen MR) is 82.7 cm³/mol. The van der Waals surface area contributed by atoms with Crippen LogP contribution in [0.3, 0.4) is 0 Å². The second kappa shape index (κ2) is 6.25. The van der Waals surface area contributed by atoms with Crippen molar-refractivity contribution in [2.75, 3.05) is 13.1 Å². The van der Waals surface area contributed by atoms with Gasteiger partial charge in [-0.3, -0.25) is 4.90 Å². The number of hydrogen-bond acceptors (Lipinski definition) is 5. The van der Waals surface area contributed by atoms with Gasteiger partial charge in [0.1, 0.15) is 0 Å². The van der Waals surface area contributed by atoms with Crippen molar-refractivity contribution in [1.29, 1.82) is 0 Å². The Bertz CT molecular complexity index is 606. The zero-order chi connectivity index (χ0) is 14.8. The van der Waals surface area contributed by atoms with Crippen LogP contribution in [0.2, 0.25) is 0 Å². The summed E-state index contributed by atoms with van der Waals surface area (Å²) >= 11 is 3.45. The van der Waals surface area contributed by atoms with E-state index in [4.69, 9.17) is 9.15 Å². The van der Waals surface area contributed by atoms with Crippen LogP contribution < -0.4 is 0 Å². The van der Waals surface area contributed by atoms with Crippen LogP contribution in [0.1, 0.15) is 19.7 Å². The Morgan fingerprint density at radius 1 is 1.24 bits per heavy atom.